The van der Waals surface area contributed by atoms with Crippen LogP contribution in [0.3, 0.4) is 0 Å². The smallest absolute Gasteiger partial charge is 0.243 e. The minimum Gasteiger partial charge on any atom is -0.347 e. The molecular weight excluding hydrogens is 542 g/mol. The molecule has 0 saturated heterocycles. The van der Waals surface area contributed by atoms with Crippen molar-refractivity contribution >= 4 is 28.6 Å². The van der Waals surface area contributed by atoms with Gasteiger partial charge in [-0.25, -0.2) is 9.99 Å². The number of carbonyl (C=O) groups is 2. The molecule has 3 heterocycles. The fourth-order valence-corrected chi connectivity index (χ4v) is 5.50. The Morgan fingerprint density at radius 2 is 1.74 bits per heavy atom. The minimum atomic E-state index is -0.163. The highest BCUT2D eigenvalue weighted by Gasteiger charge is 2.30. The lowest BCUT2D eigenvalue weighted by Gasteiger charge is -2.24. The molecule has 0 atom stereocenters. The monoisotopic (exact) mass is 572 g/mol. The first-order chi connectivity index (χ1) is 20.9. The third kappa shape index (κ3) is 5.29. The Labute approximate surface area is 248 Å². The molecule has 1 aliphatic carbocycles. The van der Waals surface area contributed by atoms with Crippen molar-refractivity contribution in [2.45, 2.75) is 38.1 Å². The van der Waals surface area contributed by atoms with Crippen LogP contribution in [0, 0.1) is 0 Å². The molecule has 0 bridgehead atoms. The Morgan fingerprint density at radius 1 is 0.977 bits per heavy atom. The fraction of sp³-hybridized carbons (Fsp3) is 0.281. The molecule has 11 heteroatoms. The van der Waals surface area contributed by atoms with E-state index in [0.29, 0.717) is 31.1 Å². The number of hydrogen-bond donors (Lipinski definition) is 0. The number of hydrazone groups is 1. The van der Waals surface area contributed by atoms with Crippen LogP contribution in [0.15, 0.2) is 71.8 Å². The van der Waals surface area contributed by atoms with Crippen molar-refractivity contribution < 1.29 is 9.59 Å². The third-order valence-electron chi connectivity index (χ3n) is 8.03. The van der Waals surface area contributed by atoms with Crippen LogP contribution < -0.4 is 5.10 Å². The molecule has 1 saturated carbocycles. The first-order valence-electron chi connectivity index (χ1n) is 14.4. The van der Waals surface area contributed by atoms with Gasteiger partial charge in [0.2, 0.25) is 11.8 Å². The second kappa shape index (κ2) is 10.9. The van der Waals surface area contributed by atoms with Gasteiger partial charge in [-0.1, -0.05) is 54.6 Å². The molecule has 2 aromatic heterocycles. The number of aromatic nitrogens is 6. The lowest BCUT2D eigenvalue weighted by Crippen LogP contribution is -2.40. The van der Waals surface area contributed by atoms with E-state index in [1.165, 1.54) is 9.91 Å². The molecule has 0 radical (unpaired) electrons. The summed E-state index contributed by atoms with van der Waals surface area (Å²) in [4.78, 5) is 31.3. The standard InChI is InChI=1S/C32H30N9O2/c1-39(2)30(43)19-41-29(42)16-15-26(36-41)23-13-14-27-28(17-23)40(32(33-27)22-11-12-22)18-20-7-9-21(10-8-20)24-5-3-4-6-25(24)31-34-37-38-35-31/h3-10,13-14,17,22H,11-12,15-16,18-19H2,1-2H3/q-1. The average molecular weight is 573 g/mol. The molecule has 5 aromatic rings. The van der Waals surface area contributed by atoms with Gasteiger partial charge in [0.1, 0.15) is 12.4 Å². The van der Waals surface area contributed by atoms with Gasteiger partial charge in [-0.05, 0) is 52.8 Å². The van der Waals surface area contributed by atoms with Gasteiger partial charge in [0, 0.05) is 45.2 Å². The Kier molecular flexibility index (Phi) is 6.77. The zero-order valence-electron chi connectivity index (χ0n) is 24.0. The van der Waals surface area contributed by atoms with Crippen molar-refractivity contribution in [3.8, 4) is 22.5 Å². The van der Waals surface area contributed by atoms with E-state index in [9.17, 15) is 9.59 Å². The van der Waals surface area contributed by atoms with Gasteiger partial charge in [0.25, 0.3) is 0 Å². The lowest BCUT2D eigenvalue weighted by atomic mass is 9.98. The number of fused-ring (bicyclic) bond motifs is 1. The Balaban J connectivity index is 1.20. The van der Waals surface area contributed by atoms with Crippen LogP contribution in [0.2, 0.25) is 0 Å². The molecule has 0 N–H and O–H groups in total. The quantitative estimate of drug-likeness (QED) is 0.277. The highest BCUT2D eigenvalue weighted by atomic mass is 16.2. The maximum Gasteiger partial charge on any atom is 0.243 e. The summed E-state index contributed by atoms with van der Waals surface area (Å²) in [6, 6.07) is 22.7. The number of amides is 2. The number of nitrogens with zero attached hydrogens (tertiary/aromatic N) is 9. The van der Waals surface area contributed by atoms with Crippen LogP contribution in [-0.2, 0) is 16.1 Å². The summed E-state index contributed by atoms with van der Waals surface area (Å²) in [6.07, 6.45) is 3.14. The van der Waals surface area contributed by atoms with Gasteiger partial charge in [0.15, 0.2) is 0 Å². The lowest BCUT2D eigenvalue weighted by molar-refractivity contribution is -0.139. The molecule has 2 amide bonds. The Morgan fingerprint density at radius 3 is 2.47 bits per heavy atom. The van der Waals surface area contributed by atoms with E-state index in [-0.39, 0.29) is 18.4 Å². The number of rotatable bonds is 8. The van der Waals surface area contributed by atoms with Gasteiger partial charge in [-0.2, -0.15) is 10.3 Å². The van der Waals surface area contributed by atoms with Crippen molar-refractivity contribution in [1.29, 1.82) is 0 Å². The van der Waals surface area contributed by atoms with Gasteiger partial charge in [-0.3, -0.25) is 19.9 Å². The zero-order valence-corrected chi connectivity index (χ0v) is 24.0. The summed E-state index contributed by atoms with van der Waals surface area (Å²) in [6.45, 7) is 0.622. The SMILES string of the molecule is CN(C)C(=O)CN1N=C(c2ccc3nc(C4CC4)n(Cc4ccc(-c5ccccc5-c5nnn[n-]5)cc4)c3c2)CCC1=O. The molecule has 3 aromatic carbocycles. The van der Waals surface area contributed by atoms with E-state index in [1.807, 2.05) is 30.3 Å². The first kappa shape index (κ1) is 26.7. The van der Waals surface area contributed by atoms with Crippen LogP contribution in [0.25, 0.3) is 33.5 Å². The molecule has 0 spiro atoms. The molecule has 216 valence electrons. The number of likely N-dealkylation sites (N-methyl/N-ethyl adjacent to an activating group) is 1. The molecule has 1 fully saturated rings. The number of carbonyl (C=O) groups excluding carboxylic acids is 2. The normalized spacial score (nSPS) is 15.2. The Hall–Kier alpha value is -5.19. The van der Waals surface area contributed by atoms with Gasteiger partial charge in [-0.15, -0.1) is 0 Å². The van der Waals surface area contributed by atoms with Crippen molar-refractivity contribution in [3.05, 3.63) is 83.7 Å². The molecular formula is C32H30N9O2-. The predicted molar refractivity (Wildman–Crippen MR) is 161 cm³/mol. The maximum absolute atomic E-state index is 12.5. The van der Waals surface area contributed by atoms with E-state index in [1.54, 1.807) is 14.1 Å². The van der Waals surface area contributed by atoms with Gasteiger partial charge in [0.05, 0.1) is 16.7 Å². The summed E-state index contributed by atoms with van der Waals surface area (Å²) in [5, 5.41) is 21.3. The van der Waals surface area contributed by atoms with Crippen molar-refractivity contribution in [1.82, 2.24) is 40.1 Å². The number of tetrazole rings is 1. The molecule has 43 heavy (non-hydrogen) atoms. The number of benzene rings is 3. The van der Waals surface area contributed by atoms with Gasteiger partial charge < -0.3 is 14.6 Å². The second-order valence-electron chi connectivity index (χ2n) is 11.3. The Bertz CT molecular complexity index is 1850. The molecule has 7 rings (SSSR count). The topological polar surface area (TPSA) is 124 Å². The highest BCUT2D eigenvalue weighted by Crippen LogP contribution is 2.41. The van der Waals surface area contributed by atoms with Crippen molar-refractivity contribution in [3.63, 3.8) is 0 Å². The number of hydrogen-bond acceptors (Lipinski definition) is 7. The van der Waals surface area contributed by atoms with Crippen molar-refractivity contribution in [2.24, 2.45) is 5.10 Å². The second-order valence-corrected chi connectivity index (χ2v) is 11.3. The first-order valence-corrected chi connectivity index (χ1v) is 14.4. The maximum atomic E-state index is 12.5. The van der Waals surface area contributed by atoms with Crippen LogP contribution in [-0.4, -0.2) is 73.2 Å². The molecule has 0 unspecified atom stereocenters. The van der Waals surface area contributed by atoms with Crippen LogP contribution >= 0.6 is 0 Å². The van der Waals surface area contributed by atoms with E-state index in [0.717, 1.165) is 63.2 Å². The fourth-order valence-electron chi connectivity index (χ4n) is 5.50. The van der Waals surface area contributed by atoms with E-state index < -0.39 is 0 Å². The number of imidazole rings is 1. The molecule has 11 nitrogen and oxygen atoms in total. The summed E-state index contributed by atoms with van der Waals surface area (Å²) in [5.41, 5.74) is 7.86. The largest absolute Gasteiger partial charge is 0.347 e. The van der Waals surface area contributed by atoms with E-state index >= 15 is 0 Å². The summed E-state index contributed by atoms with van der Waals surface area (Å²) < 4.78 is 2.32. The van der Waals surface area contributed by atoms with Gasteiger partial charge >= 0.3 is 0 Å². The highest BCUT2D eigenvalue weighted by molar-refractivity contribution is 6.06. The summed E-state index contributed by atoms with van der Waals surface area (Å²) in [7, 11) is 3.35. The van der Waals surface area contributed by atoms with Crippen LogP contribution in [0.5, 0.6) is 0 Å². The molecule has 2 aliphatic rings. The average Bonchev–Trinajstić information content (AvgIpc) is 3.60. The zero-order chi connectivity index (χ0) is 29.5. The van der Waals surface area contributed by atoms with Crippen LogP contribution in [0.4, 0.5) is 0 Å². The minimum absolute atomic E-state index is 0.0602. The van der Waals surface area contributed by atoms with Crippen molar-refractivity contribution in [2.75, 3.05) is 20.6 Å². The summed E-state index contributed by atoms with van der Waals surface area (Å²) >= 11 is 0. The molecule has 1 aliphatic heterocycles. The third-order valence-corrected chi connectivity index (χ3v) is 8.03. The van der Waals surface area contributed by atoms with E-state index in [2.05, 4.69) is 66.7 Å². The van der Waals surface area contributed by atoms with E-state index in [4.69, 9.17) is 4.98 Å². The summed E-state index contributed by atoms with van der Waals surface area (Å²) in [5.74, 6) is 1.78. The van der Waals surface area contributed by atoms with Crippen LogP contribution in [0.1, 0.15) is 48.6 Å². The predicted octanol–water partition coefficient (Wildman–Crippen LogP) is 3.85.